The predicted molar refractivity (Wildman–Crippen MR) is 143 cm³/mol. The highest BCUT2D eigenvalue weighted by Gasteiger charge is 2.26. The molecule has 1 aliphatic rings. The summed E-state index contributed by atoms with van der Waals surface area (Å²) in [5.74, 6) is 0.0105. The first-order valence-electron chi connectivity index (χ1n) is 12.2. The quantitative estimate of drug-likeness (QED) is 0.276. The molecule has 1 aliphatic heterocycles. The largest absolute Gasteiger partial charge is 0.463 e. The summed E-state index contributed by atoms with van der Waals surface area (Å²) in [4.78, 5) is 26.2. The molecule has 1 fully saturated rings. The van der Waals surface area contributed by atoms with E-state index in [0.717, 1.165) is 35.8 Å². The number of amides is 1. The number of benzene rings is 2. The molecule has 0 atom stereocenters. The molecular formula is C26H29ClFN7O2. The van der Waals surface area contributed by atoms with E-state index >= 15 is 4.39 Å². The van der Waals surface area contributed by atoms with Crippen LogP contribution in [0.1, 0.15) is 12.0 Å². The van der Waals surface area contributed by atoms with Crippen LogP contribution in [-0.4, -0.2) is 89.8 Å². The summed E-state index contributed by atoms with van der Waals surface area (Å²) in [6.45, 7) is 5.36. The van der Waals surface area contributed by atoms with Crippen molar-refractivity contribution in [1.29, 1.82) is 0 Å². The van der Waals surface area contributed by atoms with Crippen molar-refractivity contribution in [1.82, 2.24) is 30.0 Å². The Kier molecular flexibility index (Phi) is 7.12. The first-order valence-corrected chi connectivity index (χ1v) is 12.6. The maximum atomic E-state index is 16.4. The molecule has 2 aromatic heterocycles. The molecule has 194 valence electrons. The number of anilines is 1. The Morgan fingerprint density at radius 2 is 1.95 bits per heavy atom. The topological polar surface area (TPSA) is 90.5 Å². The number of aromatic nitrogens is 4. The van der Waals surface area contributed by atoms with Crippen LogP contribution >= 0.6 is 11.6 Å². The molecule has 37 heavy (non-hydrogen) atoms. The maximum absolute atomic E-state index is 16.4. The van der Waals surface area contributed by atoms with E-state index in [1.807, 2.05) is 38.1 Å². The van der Waals surface area contributed by atoms with Crippen molar-refractivity contribution >= 4 is 45.6 Å². The molecule has 1 saturated heterocycles. The van der Waals surface area contributed by atoms with Gasteiger partial charge < -0.3 is 19.4 Å². The lowest BCUT2D eigenvalue weighted by molar-refractivity contribution is -0.118. The second-order valence-electron chi connectivity index (χ2n) is 9.50. The van der Waals surface area contributed by atoms with E-state index in [1.165, 1.54) is 0 Å². The Balaban J connectivity index is 1.65. The smallest absolute Gasteiger partial charge is 0.319 e. The van der Waals surface area contributed by atoms with Gasteiger partial charge in [-0.2, -0.15) is 15.1 Å². The van der Waals surface area contributed by atoms with Crippen molar-refractivity contribution < 1.29 is 13.9 Å². The monoisotopic (exact) mass is 525 g/mol. The summed E-state index contributed by atoms with van der Waals surface area (Å²) in [7, 11) is 3.99. The third-order valence-corrected chi connectivity index (χ3v) is 6.97. The number of hydrogen-bond acceptors (Lipinski definition) is 7. The van der Waals surface area contributed by atoms with Gasteiger partial charge in [-0.25, -0.2) is 4.39 Å². The van der Waals surface area contributed by atoms with Crippen LogP contribution in [-0.2, 0) is 4.79 Å². The van der Waals surface area contributed by atoms with Crippen molar-refractivity contribution in [2.75, 3.05) is 58.3 Å². The van der Waals surface area contributed by atoms with Crippen molar-refractivity contribution in [3.63, 3.8) is 0 Å². The molecule has 0 bridgehead atoms. The molecule has 0 saturated carbocycles. The summed E-state index contributed by atoms with van der Waals surface area (Å²) >= 11 is 6.78. The number of carbonyl (C=O) groups is 1. The molecule has 1 N–H and O–H groups in total. The Labute approximate surface area is 219 Å². The molecule has 0 radical (unpaired) electrons. The van der Waals surface area contributed by atoms with E-state index < -0.39 is 5.82 Å². The Morgan fingerprint density at radius 3 is 2.68 bits per heavy atom. The van der Waals surface area contributed by atoms with E-state index in [9.17, 15) is 4.79 Å². The highest BCUT2D eigenvalue weighted by molar-refractivity contribution is 6.35. The lowest BCUT2D eigenvalue weighted by Gasteiger charge is -2.34. The van der Waals surface area contributed by atoms with Crippen LogP contribution in [0.25, 0.3) is 32.9 Å². The van der Waals surface area contributed by atoms with Crippen molar-refractivity contribution in [3.8, 4) is 17.1 Å². The standard InChI is InChI=1S/C26H29ClFN7O2/c1-16-5-6-20-18(14-29-32-20)21(16)22-19(27)13-17-24(23(22)28)30-26(37-12-4-7-33(2)3)31-25(17)35-10-8-34(15-36)9-11-35/h5-6,13-15H,4,7-12H2,1-3H3,(H,29,32). The van der Waals surface area contributed by atoms with Gasteiger partial charge in [-0.1, -0.05) is 17.7 Å². The maximum Gasteiger partial charge on any atom is 0.319 e. The molecule has 0 unspecified atom stereocenters. The Bertz CT molecular complexity index is 1450. The third-order valence-electron chi connectivity index (χ3n) is 6.67. The fourth-order valence-corrected chi connectivity index (χ4v) is 5.02. The number of nitrogens with zero attached hydrogens (tertiary/aromatic N) is 6. The van der Waals surface area contributed by atoms with Crippen LogP contribution < -0.4 is 9.64 Å². The highest BCUT2D eigenvalue weighted by atomic mass is 35.5. The lowest BCUT2D eigenvalue weighted by atomic mass is 9.95. The first kappa shape index (κ1) is 25.2. The average Bonchev–Trinajstić information content (AvgIpc) is 3.37. The van der Waals surface area contributed by atoms with Gasteiger partial charge >= 0.3 is 6.01 Å². The molecular weight excluding hydrogens is 497 g/mol. The highest BCUT2D eigenvalue weighted by Crippen LogP contribution is 2.42. The number of hydrogen-bond donors (Lipinski definition) is 1. The number of fused-ring (bicyclic) bond motifs is 2. The predicted octanol–water partition coefficient (Wildman–Crippen LogP) is 3.88. The fourth-order valence-electron chi connectivity index (χ4n) is 4.74. The van der Waals surface area contributed by atoms with Gasteiger partial charge in [-0.15, -0.1) is 0 Å². The first-order chi connectivity index (χ1) is 17.9. The zero-order valence-corrected chi connectivity index (χ0v) is 21.8. The van der Waals surface area contributed by atoms with Gasteiger partial charge in [0, 0.05) is 54.6 Å². The molecule has 4 aromatic rings. The summed E-state index contributed by atoms with van der Waals surface area (Å²) in [6.07, 6.45) is 3.29. The van der Waals surface area contributed by atoms with E-state index in [2.05, 4.69) is 25.1 Å². The zero-order chi connectivity index (χ0) is 26.1. The van der Waals surface area contributed by atoms with Crippen LogP contribution in [0.2, 0.25) is 5.02 Å². The number of carbonyl (C=O) groups excluding carboxylic acids is 1. The number of aromatic amines is 1. The van der Waals surface area contributed by atoms with Gasteiger partial charge in [0.2, 0.25) is 6.41 Å². The van der Waals surface area contributed by atoms with Gasteiger partial charge in [0.1, 0.15) is 11.3 Å². The number of piperazine rings is 1. The SMILES string of the molecule is Cc1ccc2[nH]ncc2c1-c1c(Cl)cc2c(N3CCN(C=O)CC3)nc(OCCCN(C)C)nc2c1F. The van der Waals surface area contributed by atoms with E-state index in [1.54, 1.807) is 17.2 Å². The van der Waals surface area contributed by atoms with Crippen LogP contribution in [0.15, 0.2) is 24.4 Å². The van der Waals surface area contributed by atoms with Crippen LogP contribution in [0.5, 0.6) is 6.01 Å². The van der Waals surface area contributed by atoms with Gasteiger partial charge in [-0.05, 0) is 45.1 Å². The van der Waals surface area contributed by atoms with Crippen LogP contribution in [0, 0.1) is 12.7 Å². The molecule has 11 heteroatoms. The van der Waals surface area contributed by atoms with Crippen molar-refractivity contribution in [2.24, 2.45) is 0 Å². The van der Waals surface area contributed by atoms with E-state index in [0.29, 0.717) is 49.6 Å². The summed E-state index contributed by atoms with van der Waals surface area (Å²) in [5, 5.41) is 8.61. The number of halogens is 2. The molecule has 0 spiro atoms. The number of nitrogens with one attached hydrogen (secondary N) is 1. The Morgan fingerprint density at radius 1 is 1.16 bits per heavy atom. The number of ether oxygens (including phenoxy) is 1. The zero-order valence-electron chi connectivity index (χ0n) is 21.1. The average molecular weight is 526 g/mol. The molecule has 0 aliphatic carbocycles. The third kappa shape index (κ3) is 4.91. The van der Waals surface area contributed by atoms with Gasteiger partial charge in [0.15, 0.2) is 5.82 Å². The minimum absolute atomic E-state index is 0.115. The van der Waals surface area contributed by atoms with Gasteiger partial charge in [0.05, 0.1) is 23.3 Å². The van der Waals surface area contributed by atoms with Gasteiger partial charge in [-0.3, -0.25) is 9.89 Å². The second kappa shape index (κ2) is 10.5. The molecule has 2 aromatic carbocycles. The lowest BCUT2D eigenvalue weighted by Crippen LogP contribution is -2.46. The summed E-state index contributed by atoms with van der Waals surface area (Å²) in [5.41, 5.74) is 2.74. The second-order valence-corrected chi connectivity index (χ2v) is 9.90. The number of aryl methyl sites for hydroxylation is 1. The summed E-state index contributed by atoms with van der Waals surface area (Å²) in [6, 6.07) is 5.66. The van der Waals surface area contributed by atoms with Crippen LogP contribution in [0.4, 0.5) is 10.2 Å². The molecule has 9 nitrogen and oxygen atoms in total. The minimum Gasteiger partial charge on any atom is -0.463 e. The normalized spacial score (nSPS) is 14.2. The van der Waals surface area contributed by atoms with E-state index in [4.69, 9.17) is 16.3 Å². The molecule has 5 rings (SSSR count). The molecule has 3 heterocycles. The minimum atomic E-state index is -0.535. The fraction of sp³-hybridized carbons (Fsp3) is 0.385. The van der Waals surface area contributed by atoms with Gasteiger partial charge in [0.25, 0.3) is 0 Å². The molecule has 1 amide bonds. The number of rotatable bonds is 8. The van der Waals surface area contributed by atoms with Crippen molar-refractivity contribution in [2.45, 2.75) is 13.3 Å². The number of H-pyrrole nitrogens is 1. The van der Waals surface area contributed by atoms with E-state index in [-0.39, 0.29) is 22.1 Å². The van der Waals surface area contributed by atoms with Crippen LogP contribution in [0.3, 0.4) is 0 Å². The van der Waals surface area contributed by atoms with Crippen molar-refractivity contribution in [3.05, 3.63) is 40.8 Å². The Hall–Kier alpha value is -3.50. The summed E-state index contributed by atoms with van der Waals surface area (Å²) < 4.78 is 22.3.